The largest absolute Gasteiger partial charge is 0.497 e. The lowest BCUT2D eigenvalue weighted by Crippen LogP contribution is -2.48. The van der Waals surface area contributed by atoms with Crippen LogP contribution in [-0.4, -0.2) is 76.9 Å². The minimum absolute atomic E-state index is 0.449. The normalized spacial score (nSPS) is 18.5. The number of nitrogens with zero attached hydrogens (tertiary/aromatic N) is 3. The molecule has 168 valence electrons. The Labute approximate surface area is 181 Å². The number of rotatable bonds is 9. The van der Waals surface area contributed by atoms with Crippen molar-refractivity contribution in [1.82, 2.24) is 15.5 Å². The molecule has 0 saturated carbocycles. The molecular formula is C23H39N5O2. The smallest absolute Gasteiger partial charge is 0.191 e. The number of anilines is 1. The molecule has 30 heavy (non-hydrogen) atoms. The number of aliphatic imine (C=N–C) groups is 1. The SMILES string of the molecule is CCNC(=NCCCN1CCCC1)NC1CCN(c2cc(OC)cc(OC)c2)CC1. The lowest BCUT2D eigenvalue weighted by molar-refractivity contribution is 0.336. The number of benzene rings is 1. The van der Waals surface area contributed by atoms with Gasteiger partial charge in [0.2, 0.25) is 0 Å². The van der Waals surface area contributed by atoms with E-state index in [1.165, 1.54) is 32.5 Å². The fraction of sp³-hybridized carbons (Fsp3) is 0.696. The van der Waals surface area contributed by atoms with E-state index in [4.69, 9.17) is 14.5 Å². The molecule has 7 nitrogen and oxygen atoms in total. The lowest BCUT2D eigenvalue weighted by Gasteiger charge is -2.34. The molecule has 2 N–H and O–H groups in total. The van der Waals surface area contributed by atoms with Gasteiger partial charge in [-0.25, -0.2) is 0 Å². The van der Waals surface area contributed by atoms with Crippen LogP contribution in [0, 0.1) is 0 Å². The van der Waals surface area contributed by atoms with Gasteiger partial charge in [-0.05, 0) is 58.7 Å². The summed E-state index contributed by atoms with van der Waals surface area (Å²) in [5.74, 6) is 2.63. The third-order valence-electron chi connectivity index (χ3n) is 5.98. The van der Waals surface area contributed by atoms with Crippen LogP contribution in [0.3, 0.4) is 0 Å². The summed E-state index contributed by atoms with van der Waals surface area (Å²) < 4.78 is 10.8. The Morgan fingerprint density at radius 1 is 1.03 bits per heavy atom. The standard InChI is InChI=1S/C23H39N5O2/c1-4-24-23(25-10-7-13-27-11-5-6-12-27)26-19-8-14-28(15-9-19)20-16-21(29-2)18-22(17-20)30-3/h16-19H,4-15H2,1-3H3,(H2,24,25,26). The quantitative estimate of drug-likeness (QED) is 0.366. The van der Waals surface area contributed by atoms with Gasteiger partial charge in [0.1, 0.15) is 11.5 Å². The highest BCUT2D eigenvalue weighted by Crippen LogP contribution is 2.30. The van der Waals surface area contributed by atoms with Crippen LogP contribution < -0.4 is 25.0 Å². The van der Waals surface area contributed by atoms with Gasteiger partial charge in [0.25, 0.3) is 0 Å². The summed E-state index contributed by atoms with van der Waals surface area (Å²) in [6.07, 6.45) is 6.01. The summed E-state index contributed by atoms with van der Waals surface area (Å²) in [6.45, 7) is 9.60. The van der Waals surface area contributed by atoms with Crippen molar-refractivity contribution in [2.24, 2.45) is 4.99 Å². The topological polar surface area (TPSA) is 61.4 Å². The third-order valence-corrected chi connectivity index (χ3v) is 5.98. The molecule has 2 fully saturated rings. The number of nitrogens with one attached hydrogen (secondary N) is 2. The number of guanidine groups is 1. The minimum atomic E-state index is 0.449. The number of piperidine rings is 1. The van der Waals surface area contributed by atoms with Crippen molar-refractivity contribution in [2.45, 2.75) is 45.1 Å². The Bertz CT molecular complexity index is 645. The first-order valence-electron chi connectivity index (χ1n) is 11.5. The van der Waals surface area contributed by atoms with Crippen molar-refractivity contribution in [2.75, 3.05) is 64.9 Å². The lowest BCUT2D eigenvalue weighted by atomic mass is 10.0. The molecule has 0 aromatic heterocycles. The third kappa shape index (κ3) is 6.69. The molecule has 2 heterocycles. The van der Waals surface area contributed by atoms with Gasteiger partial charge in [0.15, 0.2) is 5.96 Å². The molecule has 1 aromatic carbocycles. The summed E-state index contributed by atoms with van der Waals surface area (Å²) >= 11 is 0. The Morgan fingerprint density at radius 3 is 2.30 bits per heavy atom. The molecular weight excluding hydrogens is 378 g/mol. The molecule has 3 rings (SSSR count). The Kier molecular flexibility index (Phi) is 8.93. The molecule has 0 unspecified atom stereocenters. The van der Waals surface area contributed by atoms with Crippen LogP contribution in [0.1, 0.15) is 39.0 Å². The number of hydrogen-bond donors (Lipinski definition) is 2. The van der Waals surface area contributed by atoms with E-state index in [0.29, 0.717) is 6.04 Å². The highest BCUT2D eigenvalue weighted by Gasteiger charge is 2.21. The van der Waals surface area contributed by atoms with Crippen LogP contribution in [0.15, 0.2) is 23.2 Å². The molecule has 0 aliphatic carbocycles. The van der Waals surface area contributed by atoms with Gasteiger partial charge in [0.05, 0.1) is 14.2 Å². The van der Waals surface area contributed by atoms with Crippen molar-refractivity contribution in [1.29, 1.82) is 0 Å². The van der Waals surface area contributed by atoms with E-state index < -0.39 is 0 Å². The molecule has 0 spiro atoms. The average Bonchev–Trinajstić information content (AvgIpc) is 3.30. The Balaban J connectivity index is 1.47. The van der Waals surface area contributed by atoms with Crippen molar-refractivity contribution < 1.29 is 9.47 Å². The predicted molar refractivity (Wildman–Crippen MR) is 124 cm³/mol. The van der Waals surface area contributed by atoms with E-state index in [0.717, 1.165) is 68.6 Å². The summed E-state index contributed by atoms with van der Waals surface area (Å²) in [7, 11) is 3.39. The van der Waals surface area contributed by atoms with E-state index in [1.54, 1.807) is 14.2 Å². The van der Waals surface area contributed by atoms with E-state index >= 15 is 0 Å². The Morgan fingerprint density at radius 2 is 1.70 bits per heavy atom. The molecule has 2 aliphatic rings. The maximum absolute atomic E-state index is 5.42. The second-order valence-electron chi connectivity index (χ2n) is 8.14. The highest BCUT2D eigenvalue weighted by molar-refractivity contribution is 5.80. The number of methoxy groups -OCH3 is 2. The first-order valence-corrected chi connectivity index (χ1v) is 11.5. The molecule has 2 aliphatic heterocycles. The zero-order valence-electron chi connectivity index (χ0n) is 19.0. The fourth-order valence-electron chi connectivity index (χ4n) is 4.26. The van der Waals surface area contributed by atoms with Crippen LogP contribution in [-0.2, 0) is 0 Å². The summed E-state index contributed by atoms with van der Waals surface area (Å²) in [6, 6.07) is 6.54. The summed E-state index contributed by atoms with van der Waals surface area (Å²) in [4.78, 5) is 9.77. The van der Waals surface area contributed by atoms with E-state index in [-0.39, 0.29) is 0 Å². The fourth-order valence-corrected chi connectivity index (χ4v) is 4.26. The summed E-state index contributed by atoms with van der Waals surface area (Å²) in [5.41, 5.74) is 1.16. The number of ether oxygens (including phenoxy) is 2. The maximum Gasteiger partial charge on any atom is 0.191 e. The predicted octanol–water partition coefficient (Wildman–Crippen LogP) is 2.71. The second kappa shape index (κ2) is 11.9. The molecule has 2 saturated heterocycles. The molecule has 0 radical (unpaired) electrons. The van der Waals surface area contributed by atoms with Crippen molar-refractivity contribution in [3.8, 4) is 11.5 Å². The van der Waals surface area contributed by atoms with Crippen molar-refractivity contribution >= 4 is 11.6 Å². The van der Waals surface area contributed by atoms with Gasteiger partial charge in [-0.1, -0.05) is 0 Å². The van der Waals surface area contributed by atoms with Gasteiger partial charge in [0, 0.05) is 56.1 Å². The molecule has 1 aromatic rings. The Hall–Kier alpha value is -2.15. The number of likely N-dealkylation sites (tertiary alicyclic amines) is 1. The summed E-state index contributed by atoms with van der Waals surface area (Å²) in [5, 5.41) is 7.06. The average molecular weight is 418 g/mol. The molecule has 0 atom stereocenters. The van der Waals surface area contributed by atoms with Crippen LogP contribution >= 0.6 is 0 Å². The highest BCUT2D eigenvalue weighted by atomic mass is 16.5. The second-order valence-corrected chi connectivity index (χ2v) is 8.14. The van der Waals surface area contributed by atoms with E-state index in [1.807, 2.05) is 6.07 Å². The van der Waals surface area contributed by atoms with Gasteiger partial charge >= 0.3 is 0 Å². The van der Waals surface area contributed by atoms with E-state index in [9.17, 15) is 0 Å². The van der Waals surface area contributed by atoms with Gasteiger partial charge in [-0.15, -0.1) is 0 Å². The van der Waals surface area contributed by atoms with E-state index in [2.05, 4.69) is 39.5 Å². The monoisotopic (exact) mass is 417 g/mol. The zero-order valence-corrected chi connectivity index (χ0v) is 19.0. The van der Waals surface area contributed by atoms with Crippen molar-refractivity contribution in [3.63, 3.8) is 0 Å². The zero-order chi connectivity index (χ0) is 21.2. The number of hydrogen-bond acceptors (Lipinski definition) is 5. The van der Waals surface area contributed by atoms with Crippen molar-refractivity contribution in [3.05, 3.63) is 18.2 Å². The van der Waals surface area contributed by atoms with Gasteiger partial charge in [-0.3, -0.25) is 4.99 Å². The molecule has 0 bridgehead atoms. The van der Waals surface area contributed by atoms with Crippen LogP contribution in [0.5, 0.6) is 11.5 Å². The molecule has 7 heteroatoms. The molecule has 0 amide bonds. The van der Waals surface area contributed by atoms with Crippen LogP contribution in [0.4, 0.5) is 5.69 Å². The van der Waals surface area contributed by atoms with Gasteiger partial charge < -0.3 is 29.9 Å². The van der Waals surface area contributed by atoms with Crippen LogP contribution in [0.25, 0.3) is 0 Å². The van der Waals surface area contributed by atoms with Crippen LogP contribution in [0.2, 0.25) is 0 Å². The first kappa shape index (κ1) is 22.5. The van der Waals surface area contributed by atoms with Gasteiger partial charge in [-0.2, -0.15) is 0 Å². The minimum Gasteiger partial charge on any atom is -0.497 e. The first-order chi connectivity index (χ1) is 14.7. The maximum atomic E-state index is 5.42.